The maximum atomic E-state index is 10.6. The van der Waals surface area contributed by atoms with Crippen LogP contribution in [-0.4, -0.2) is 29.3 Å². The van der Waals surface area contributed by atoms with Crippen LogP contribution in [0.4, 0.5) is 0 Å². The lowest BCUT2D eigenvalue weighted by molar-refractivity contribution is -0.00565. The van der Waals surface area contributed by atoms with Gasteiger partial charge in [0.05, 0.1) is 12.3 Å². The molecule has 4 heteroatoms. The molecule has 0 radical (unpaired) electrons. The Kier molecular flexibility index (Phi) is 3.02. The first-order chi connectivity index (χ1) is 10.5. The molecule has 1 aromatic carbocycles. The number of fused-ring (bicyclic) bond motifs is 1. The third-order valence-corrected chi connectivity index (χ3v) is 5.40. The van der Waals surface area contributed by atoms with Crippen LogP contribution in [0.1, 0.15) is 54.9 Å². The van der Waals surface area contributed by atoms with E-state index in [0.717, 1.165) is 59.4 Å². The SMILES string of the molecule is CCc1c(O)c(C)c(C)c2c1/C(=N/C1CO1)CC1(CCC1)O2. The summed E-state index contributed by atoms with van der Waals surface area (Å²) >= 11 is 0. The van der Waals surface area contributed by atoms with Crippen LogP contribution < -0.4 is 4.74 Å². The zero-order valence-corrected chi connectivity index (χ0v) is 13.5. The van der Waals surface area contributed by atoms with Gasteiger partial charge >= 0.3 is 0 Å². The number of rotatable bonds is 2. The highest BCUT2D eigenvalue weighted by atomic mass is 16.6. The zero-order valence-electron chi connectivity index (χ0n) is 13.5. The van der Waals surface area contributed by atoms with Gasteiger partial charge < -0.3 is 14.6 Å². The van der Waals surface area contributed by atoms with E-state index < -0.39 is 0 Å². The second-order valence-corrected chi connectivity index (χ2v) is 6.81. The fourth-order valence-corrected chi connectivity index (χ4v) is 3.69. The van der Waals surface area contributed by atoms with Gasteiger partial charge in [-0.25, -0.2) is 0 Å². The number of aromatic hydroxyl groups is 1. The minimum atomic E-state index is -0.0695. The molecule has 1 unspecified atom stereocenters. The summed E-state index contributed by atoms with van der Waals surface area (Å²) in [5.41, 5.74) is 4.95. The minimum absolute atomic E-state index is 0.00605. The molecule has 1 aromatic rings. The molecule has 1 atom stereocenters. The average molecular weight is 301 g/mol. The highest BCUT2D eigenvalue weighted by Gasteiger charge is 2.46. The lowest BCUT2D eigenvalue weighted by Gasteiger charge is -2.46. The van der Waals surface area contributed by atoms with Gasteiger partial charge in [-0.2, -0.15) is 0 Å². The maximum absolute atomic E-state index is 10.6. The topological polar surface area (TPSA) is 54.4 Å². The fourth-order valence-electron chi connectivity index (χ4n) is 3.69. The van der Waals surface area contributed by atoms with Crippen LogP contribution in [-0.2, 0) is 11.2 Å². The molecule has 1 spiro atoms. The van der Waals surface area contributed by atoms with Gasteiger partial charge in [0.25, 0.3) is 0 Å². The number of epoxide rings is 1. The van der Waals surface area contributed by atoms with Gasteiger partial charge in [0.15, 0.2) is 6.23 Å². The summed E-state index contributed by atoms with van der Waals surface area (Å²) in [6.45, 7) is 6.79. The molecule has 4 nitrogen and oxygen atoms in total. The Hall–Kier alpha value is -1.55. The van der Waals surface area contributed by atoms with Crippen LogP contribution in [0.25, 0.3) is 0 Å². The van der Waals surface area contributed by atoms with Crippen LogP contribution in [0.15, 0.2) is 4.99 Å². The molecular formula is C18H23NO3. The number of aliphatic imine (C=N–C) groups is 1. The van der Waals surface area contributed by atoms with Gasteiger partial charge in [0.2, 0.25) is 0 Å². The summed E-state index contributed by atoms with van der Waals surface area (Å²) in [5.74, 6) is 1.34. The van der Waals surface area contributed by atoms with Gasteiger partial charge in [0, 0.05) is 17.5 Å². The van der Waals surface area contributed by atoms with Crippen molar-refractivity contribution < 1.29 is 14.6 Å². The van der Waals surface area contributed by atoms with Crippen molar-refractivity contribution in [1.82, 2.24) is 0 Å². The first kappa shape index (κ1) is 14.1. The van der Waals surface area contributed by atoms with Crippen molar-refractivity contribution in [3.63, 3.8) is 0 Å². The first-order valence-electron chi connectivity index (χ1n) is 8.27. The van der Waals surface area contributed by atoms with Gasteiger partial charge in [0.1, 0.15) is 17.1 Å². The second kappa shape index (κ2) is 4.72. The zero-order chi connectivity index (χ0) is 15.5. The molecule has 2 aliphatic heterocycles. The van der Waals surface area contributed by atoms with Crippen LogP contribution >= 0.6 is 0 Å². The molecule has 0 bridgehead atoms. The summed E-state index contributed by atoms with van der Waals surface area (Å²) in [7, 11) is 0. The fraction of sp³-hybridized carbons (Fsp3) is 0.611. The average Bonchev–Trinajstić information content (AvgIpc) is 3.28. The molecule has 118 valence electrons. The molecule has 2 fully saturated rings. The van der Waals surface area contributed by atoms with E-state index in [4.69, 9.17) is 14.5 Å². The quantitative estimate of drug-likeness (QED) is 0.852. The monoisotopic (exact) mass is 301 g/mol. The van der Waals surface area contributed by atoms with Crippen molar-refractivity contribution in [2.75, 3.05) is 6.61 Å². The Bertz CT molecular complexity index is 670. The molecule has 0 aromatic heterocycles. The van der Waals surface area contributed by atoms with Crippen LogP contribution in [0.3, 0.4) is 0 Å². The number of benzene rings is 1. The van der Waals surface area contributed by atoms with E-state index in [9.17, 15) is 5.11 Å². The van der Waals surface area contributed by atoms with Gasteiger partial charge in [-0.15, -0.1) is 0 Å². The second-order valence-electron chi connectivity index (χ2n) is 6.81. The Morgan fingerprint density at radius 1 is 1.27 bits per heavy atom. The first-order valence-corrected chi connectivity index (χ1v) is 8.27. The van der Waals surface area contributed by atoms with E-state index in [1.54, 1.807) is 0 Å². The summed E-state index contributed by atoms with van der Waals surface area (Å²) in [5, 5.41) is 10.6. The molecule has 0 amide bonds. The summed E-state index contributed by atoms with van der Waals surface area (Å²) < 4.78 is 11.8. The lowest BCUT2D eigenvalue weighted by atomic mass is 9.72. The molecule has 1 saturated carbocycles. The Labute approximate surface area is 131 Å². The van der Waals surface area contributed by atoms with Crippen LogP contribution in [0.5, 0.6) is 11.5 Å². The van der Waals surface area contributed by atoms with Crippen molar-refractivity contribution in [3.8, 4) is 11.5 Å². The standard InChI is InChI=1S/C18H23NO3/c1-4-12-15-13(19-14-9-21-14)8-18(6-5-7-18)22-17(15)11(3)10(2)16(12)20/h14,20H,4-9H2,1-3H3/b19-13+. The third-order valence-electron chi connectivity index (χ3n) is 5.40. The van der Waals surface area contributed by atoms with E-state index in [-0.39, 0.29) is 11.8 Å². The number of hydrogen-bond acceptors (Lipinski definition) is 4. The molecule has 4 rings (SSSR count). The van der Waals surface area contributed by atoms with Gasteiger partial charge in [-0.3, -0.25) is 4.99 Å². The Balaban J connectivity index is 1.94. The van der Waals surface area contributed by atoms with Crippen LogP contribution in [0, 0.1) is 13.8 Å². The van der Waals surface area contributed by atoms with E-state index in [1.165, 1.54) is 6.42 Å². The number of nitrogens with zero attached hydrogens (tertiary/aromatic N) is 1. The van der Waals surface area contributed by atoms with Crippen molar-refractivity contribution >= 4 is 5.71 Å². The van der Waals surface area contributed by atoms with Gasteiger partial charge in [-0.1, -0.05) is 6.92 Å². The van der Waals surface area contributed by atoms with E-state index in [1.807, 2.05) is 13.8 Å². The van der Waals surface area contributed by atoms with Crippen molar-refractivity contribution in [2.45, 2.75) is 64.7 Å². The summed E-state index contributed by atoms with van der Waals surface area (Å²) in [4.78, 5) is 4.79. The minimum Gasteiger partial charge on any atom is -0.507 e. The summed E-state index contributed by atoms with van der Waals surface area (Å²) in [6.07, 6.45) is 5.03. The van der Waals surface area contributed by atoms with Crippen molar-refractivity contribution in [3.05, 3.63) is 22.3 Å². The molecule has 3 aliphatic rings. The van der Waals surface area contributed by atoms with E-state index >= 15 is 0 Å². The molecule has 2 heterocycles. The van der Waals surface area contributed by atoms with E-state index in [2.05, 4.69) is 6.92 Å². The number of ether oxygens (including phenoxy) is 2. The number of hydrogen-bond donors (Lipinski definition) is 1. The summed E-state index contributed by atoms with van der Waals surface area (Å²) in [6, 6.07) is 0. The predicted molar refractivity (Wildman–Crippen MR) is 85.1 cm³/mol. The molecular weight excluding hydrogens is 278 g/mol. The highest BCUT2D eigenvalue weighted by Crippen LogP contribution is 2.50. The third kappa shape index (κ3) is 1.97. The molecule has 1 saturated heterocycles. The molecule has 1 aliphatic carbocycles. The number of phenols is 1. The predicted octanol–water partition coefficient (Wildman–Crippen LogP) is 3.42. The highest BCUT2D eigenvalue weighted by molar-refractivity contribution is 6.07. The van der Waals surface area contributed by atoms with Gasteiger partial charge in [-0.05, 0) is 50.7 Å². The smallest absolute Gasteiger partial charge is 0.172 e. The van der Waals surface area contributed by atoms with Crippen molar-refractivity contribution in [2.24, 2.45) is 4.99 Å². The maximum Gasteiger partial charge on any atom is 0.172 e. The van der Waals surface area contributed by atoms with Crippen LogP contribution in [0.2, 0.25) is 0 Å². The number of phenolic OH excluding ortho intramolecular Hbond substituents is 1. The normalized spacial score (nSPS) is 26.5. The molecule has 22 heavy (non-hydrogen) atoms. The van der Waals surface area contributed by atoms with Crippen molar-refractivity contribution in [1.29, 1.82) is 0 Å². The Morgan fingerprint density at radius 3 is 2.55 bits per heavy atom. The largest absolute Gasteiger partial charge is 0.507 e. The van der Waals surface area contributed by atoms with E-state index in [0.29, 0.717) is 12.4 Å². The lowest BCUT2D eigenvalue weighted by Crippen LogP contribution is -2.48. The Morgan fingerprint density at radius 2 is 2.00 bits per heavy atom. The molecule has 1 N–H and O–H groups in total.